The number of aromatic amines is 1. The zero-order chi connectivity index (χ0) is 40.5. The summed E-state index contributed by atoms with van der Waals surface area (Å²) in [5, 5.41) is 20.8. The minimum absolute atomic E-state index is 0.0413. The van der Waals surface area contributed by atoms with Gasteiger partial charge in [0.25, 0.3) is 29.5 Å². The number of carbonyl (C=O) groups excluding carboxylic acids is 5. The summed E-state index contributed by atoms with van der Waals surface area (Å²) in [6.45, 7) is 1.43. The first-order valence-electron chi connectivity index (χ1n) is 17.1. The van der Waals surface area contributed by atoms with Gasteiger partial charge in [-0.3, -0.25) is 29.4 Å². The predicted octanol–water partition coefficient (Wildman–Crippen LogP) is 3.77. The molecule has 0 bridgehead atoms. The Balaban J connectivity index is 1.15. The summed E-state index contributed by atoms with van der Waals surface area (Å²) in [5.41, 5.74) is 8.37. The van der Waals surface area contributed by atoms with E-state index in [1.807, 2.05) is 4.90 Å². The maximum absolute atomic E-state index is 13.2. The van der Waals surface area contributed by atoms with Gasteiger partial charge in [0.05, 0.1) is 22.9 Å². The molecule has 0 atom stereocenters. The fourth-order valence-corrected chi connectivity index (χ4v) is 6.05. The van der Waals surface area contributed by atoms with Crippen LogP contribution in [-0.4, -0.2) is 90.4 Å². The highest BCUT2D eigenvalue weighted by atomic mass is 35.5. The lowest BCUT2D eigenvalue weighted by Crippen LogP contribution is -2.28. The summed E-state index contributed by atoms with van der Waals surface area (Å²) in [6.07, 6.45) is 6.30. The SMILES string of the molecule is Cn1cc(NC(=O)c2cc(NC(=O)c3cc(NC(=O)c4nc(NC(=O)c5ccc(N(CCCl)CCCl)cc5)c[nH]4)cn3C)cn2C)cc1C(=O)NCCC(=N)N. The summed E-state index contributed by atoms with van der Waals surface area (Å²) < 4.78 is 4.62. The van der Waals surface area contributed by atoms with Crippen LogP contribution in [0.25, 0.3) is 0 Å². The molecule has 20 heteroatoms. The standard InChI is InChI=1S/C36H41Cl2N13O5/c1-48-18-22(14-26(48)33(53)41-11-8-29(39)40)43-34(54)27-15-23(19-49(27)2)44-35(55)28-16-24(20-50(28)3)45-36(56)31-42-17-30(46-31)47-32(52)21-4-6-25(7-5-21)51(12-9-37)13-10-38/h4-7,14-20H,8-13H2,1-3H3,(H3,39,40)(H,41,53)(H,42,46)(H,43,54)(H,44,55)(H,45,56)(H,47,52). The molecule has 18 nitrogen and oxygen atoms in total. The van der Waals surface area contributed by atoms with E-state index >= 15 is 0 Å². The number of hydrogen-bond acceptors (Lipinski definition) is 8. The molecule has 56 heavy (non-hydrogen) atoms. The number of amides is 5. The van der Waals surface area contributed by atoms with E-state index < -0.39 is 23.6 Å². The number of imidazole rings is 1. The molecular weight excluding hydrogens is 765 g/mol. The van der Waals surface area contributed by atoms with Gasteiger partial charge in [-0.05, 0) is 42.5 Å². The van der Waals surface area contributed by atoms with Crippen LogP contribution in [0.1, 0.15) is 58.9 Å². The maximum atomic E-state index is 13.2. The summed E-state index contributed by atoms with van der Waals surface area (Å²) in [7, 11) is 4.93. The number of nitrogens with two attached hydrogens (primary N) is 1. The number of halogens is 2. The minimum Gasteiger partial charge on any atom is -0.388 e. The third kappa shape index (κ3) is 10.2. The van der Waals surface area contributed by atoms with Gasteiger partial charge in [0.15, 0.2) is 11.6 Å². The molecule has 0 radical (unpaired) electrons. The van der Waals surface area contributed by atoms with E-state index in [1.165, 1.54) is 33.5 Å². The molecule has 294 valence electrons. The maximum Gasteiger partial charge on any atom is 0.291 e. The van der Waals surface area contributed by atoms with Gasteiger partial charge in [-0.1, -0.05) is 0 Å². The number of hydrogen-bond donors (Lipinski definition) is 8. The molecule has 1 aromatic carbocycles. The van der Waals surface area contributed by atoms with E-state index in [4.69, 9.17) is 34.3 Å². The fraction of sp³-hybridized carbons (Fsp3) is 0.250. The molecule has 9 N–H and O–H groups in total. The number of amidine groups is 1. The molecule has 0 saturated carbocycles. The summed E-state index contributed by atoms with van der Waals surface area (Å²) in [5.74, 6) is -1.50. The van der Waals surface area contributed by atoms with Crippen molar-refractivity contribution in [3.8, 4) is 0 Å². The van der Waals surface area contributed by atoms with Gasteiger partial charge in [0, 0.05) is 95.0 Å². The van der Waals surface area contributed by atoms with Gasteiger partial charge in [-0.25, -0.2) is 4.98 Å². The molecule has 0 aliphatic rings. The Hall–Kier alpha value is -6.53. The van der Waals surface area contributed by atoms with Crippen molar-refractivity contribution in [2.75, 3.05) is 57.6 Å². The van der Waals surface area contributed by atoms with Crippen molar-refractivity contribution >= 4 is 87.1 Å². The third-order valence-corrected chi connectivity index (χ3v) is 8.74. The first-order valence-corrected chi connectivity index (χ1v) is 18.2. The highest BCUT2D eigenvalue weighted by Crippen LogP contribution is 2.21. The zero-order valence-corrected chi connectivity index (χ0v) is 32.2. The van der Waals surface area contributed by atoms with Gasteiger partial charge in [-0.15, -0.1) is 23.2 Å². The summed E-state index contributed by atoms with van der Waals surface area (Å²) >= 11 is 11.8. The molecule has 4 aromatic heterocycles. The first kappa shape index (κ1) is 40.7. The Labute approximate surface area is 331 Å². The Morgan fingerprint density at radius 2 is 1.21 bits per heavy atom. The van der Waals surface area contributed by atoms with Crippen molar-refractivity contribution in [2.45, 2.75) is 6.42 Å². The van der Waals surface area contributed by atoms with Crippen molar-refractivity contribution in [1.29, 1.82) is 5.41 Å². The highest BCUT2D eigenvalue weighted by Gasteiger charge is 2.20. The number of aryl methyl sites for hydroxylation is 3. The number of alkyl halides is 2. The molecule has 4 heterocycles. The average Bonchev–Trinajstić information content (AvgIpc) is 3.94. The number of nitrogens with one attached hydrogen (secondary N) is 7. The van der Waals surface area contributed by atoms with Gasteiger partial charge in [-0.2, -0.15) is 0 Å². The quantitative estimate of drug-likeness (QED) is 0.0390. The van der Waals surface area contributed by atoms with E-state index in [9.17, 15) is 24.0 Å². The van der Waals surface area contributed by atoms with Crippen LogP contribution in [0.15, 0.2) is 67.3 Å². The lowest BCUT2D eigenvalue weighted by atomic mass is 10.2. The van der Waals surface area contributed by atoms with Gasteiger partial charge < -0.3 is 55.9 Å². The van der Waals surface area contributed by atoms with Crippen molar-refractivity contribution in [1.82, 2.24) is 29.0 Å². The molecule has 5 aromatic rings. The number of anilines is 5. The van der Waals surface area contributed by atoms with Crippen LogP contribution in [0.5, 0.6) is 0 Å². The molecule has 0 spiro atoms. The number of aromatic nitrogens is 5. The smallest absolute Gasteiger partial charge is 0.291 e. The van der Waals surface area contributed by atoms with Crippen molar-refractivity contribution in [2.24, 2.45) is 26.9 Å². The second kappa shape index (κ2) is 18.2. The van der Waals surface area contributed by atoms with Gasteiger partial charge >= 0.3 is 0 Å². The number of benzene rings is 1. The topological polar surface area (TPSA) is 242 Å². The van der Waals surface area contributed by atoms with E-state index in [-0.39, 0.29) is 47.7 Å². The molecule has 5 rings (SSSR count). The minimum atomic E-state index is -0.607. The normalized spacial score (nSPS) is 10.8. The van der Waals surface area contributed by atoms with Crippen LogP contribution in [0.4, 0.5) is 28.6 Å². The van der Waals surface area contributed by atoms with Crippen LogP contribution in [-0.2, 0) is 21.1 Å². The van der Waals surface area contributed by atoms with Crippen LogP contribution >= 0.6 is 23.2 Å². The summed E-state index contributed by atoms with van der Waals surface area (Å²) in [6, 6.07) is 11.4. The lowest BCUT2D eigenvalue weighted by molar-refractivity contribution is 0.0944. The van der Waals surface area contributed by atoms with Crippen molar-refractivity contribution in [3.63, 3.8) is 0 Å². The summed E-state index contributed by atoms with van der Waals surface area (Å²) in [4.78, 5) is 73.7. The second-order valence-electron chi connectivity index (χ2n) is 12.6. The van der Waals surface area contributed by atoms with Crippen LogP contribution in [0.2, 0.25) is 0 Å². The van der Waals surface area contributed by atoms with Crippen LogP contribution < -0.4 is 37.2 Å². The first-order chi connectivity index (χ1) is 26.8. The van der Waals surface area contributed by atoms with E-state index in [0.29, 0.717) is 53.2 Å². The van der Waals surface area contributed by atoms with Crippen LogP contribution in [0, 0.1) is 5.41 Å². The average molecular weight is 807 g/mol. The number of nitrogens with zero attached hydrogens (tertiary/aromatic N) is 5. The number of carbonyl (C=O) groups is 5. The lowest BCUT2D eigenvalue weighted by Gasteiger charge is -2.22. The largest absolute Gasteiger partial charge is 0.388 e. The second-order valence-corrected chi connectivity index (χ2v) is 13.3. The molecule has 0 aliphatic carbocycles. The number of rotatable bonds is 17. The Morgan fingerprint density at radius 1 is 0.732 bits per heavy atom. The molecular formula is C36H41Cl2N13O5. The Bertz CT molecular complexity index is 2250. The highest BCUT2D eigenvalue weighted by molar-refractivity contribution is 6.18. The van der Waals surface area contributed by atoms with Gasteiger partial charge in [0.2, 0.25) is 0 Å². The third-order valence-electron chi connectivity index (χ3n) is 8.40. The number of H-pyrrole nitrogens is 1. The van der Waals surface area contributed by atoms with Gasteiger partial charge in [0.1, 0.15) is 17.1 Å². The molecule has 5 amide bonds. The van der Waals surface area contributed by atoms with E-state index in [2.05, 4.69) is 36.6 Å². The van der Waals surface area contributed by atoms with Crippen LogP contribution in [0.3, 0.4) is 0 Å². The molecule has 0 unspecified atom stereocenters. The van der Waals surface area contributed by atoms with E-state index in [0.717, 1.165) is 5.69 Å². The monoisotopic (exact) mass is 805 g/mol. The fourth-order valence-electron chi connectivity index (χ4n) is 5.65. The van der Waals surface area contributed by atoms with Crippen molar-refractivity contribution in [3.05, 3.63) is 95.7 Å². The van der Waals surface area contributed by atoms with E-state index in [1.54, 1.807) is 68.6 Å². The Morgan fingerprint density at radius 3 is 1.70 bits per heavy atom. The predicted molar refractivity (Wildman–Crippen MR) is 216 cm³/mol. The van der Waals surface area contributed by atoms with Crippen molar-refractivity contribution < 1.29 is 24.0 Å². The molecule has 0 saturated heterocycles. The zero-order valence-electron chi connectivity index (χ0n) is 30.7. The molecule has 0 aliphatic heterocycles. The molecule has 0 fully saturated rings. The Kier molecular flexibility index (Phi) is 13.2.